The Morgan fingerprint density at radius 2 is 1.58 bits per heavy atom. The lowest BCUT2D eigenvalue weighted by molar-refractivity contribution is 0.586. The highest BCUT2D eigenvalue weighted by molar-refractivity contribution is 7.92. The summed E-state index contributed by atoms with van der Waals surface area (Å²) in [4.78, 5) is 0.294. The van der Waals surface area contributed by atoms with Crippen LogP contribution < -0.4 is 4.72 Å². The summed E-state index contributed by atoms with van der Waals surface area (Å²) in [5.74, 6) is 0. The summed E-state index contributed by atoms with van der Waals surface area (Å²) in [5, 5.41) is -0.453. The fourth-order valence-electron chi connectivity index (χ4n) is 1.50. The van der Waals surface area contributed by atoms with Crippen molar-refractivity contribution in [1.29, 1.82) is 0 Å². The van der Waals surface area contributed by atoms with Gasteiger partial charge in [0.2, 0.25) is 10.0 Å². The zero-order valence-electron chi connectivity index (χ0n) is 11.3. The van der Waals surface area contributed by atoms with Gasteiger partial charge in [0.15, 0.2) is 9.84 Å². The Hall–Kier alpha value is -0.920. The molecule has 1 aromatic rings. The summed E-state index contributed by atoms with van der Waals surface area (Å²) in [6.45, 7) is 3.58. The van der Waals surface area contributed by atoms with Gasteiger partial charge in [0.05, 0.1) is 16.4 Å². The third kappa shape index (κ3) is 4.93. The Balaban J connectivity index is 2.73. The zero-order chi connectivity index (χ0) is 14.7. The molecule has 0 spiro atoms. The molecule has 0 aromatic heterocycles. The number of sulfonamides is 1. The molecule has 0 aliphatic rings. The van der Waals surface area contributed by atoms with Gasteiger partial charge in [0, 0.05) is 6.54 Å². The van der Waals surface area contributed by atoms with Gasteiger partial charge in [-0.25, -0.2) is 21.6 Å². The van der Waals surface area contributed by atoms with Crippen LogP contribution in [0.1, 0.15) is 19.4 Å². The number of nitrogens with one attached hydrogen (secondary N) is 1. The minimum Gasteiger partial charge on any atom is -0.223 e. The van der Waals surface area contributed by atoms with E-state index >= 15 is 0 Å². The van der Waals surface area contributed by atoms with Crippen molar-refractivity contribution < 1.29 is 16.8 Å². The SMILES string of the molecule is CC(C)S(=O)(=O)c1ccc(CCNS(C)(=O)=O)cc1. The van der Waals surface area contributed by atoms with Gasteiger partial charge in [-0.3, -0.25) is 0 Å². The molecule has 0 aliphatic heterocycles. The van der Waals surface area contributed by atoms with E-state index in [0.717, 1.165) is 11.8 Å². The maximum absolute atomic E-state index is 11.9. The molecule has 7 heteroatoms. The molecule has 0 heterocycles. The van der Waals surface area contributed by atoms with Crippen molar-refractivity contribution in [2.45, 2.75) is 30.4 Å². The number of hydrogen-bond acceptors (Lipinski definition) is 4. The zero-order valence-corrected chi connectivity index (χ0v) is 12.9. The van der Waals surface area contributed by atoms with Gasteiger partial charge in [-0.2, -0.15) is 0 Å². The van der Waals surface area contributed by atoms with Crippen molar-refractivity contribution in [2.24, 2.45) is 0 Å². The molecule has 0 saturated carbocycles. The van der Waals surface area contributed by atoms with Crippen molar-refractivity contribution in [3.8, 4) is 0 Å². The molecular weight excluding hydrogens is 286 g/mol. The summed E-state index contributed by atoms with van der Waals surface area (Å²) in [6.07, 6.45) is 1.63. The van der Waals surface area contributed by atoms with Crippen molar-refractivity contribution in [3.63, 3.8) is 0 Å². The highest BCUT2D eigenvalue weighted by Crippen LogP contribution is 2.16. The van der Waals surface area contributed by atoms with Crippen molar-refractivity contribution >= 4 is 19.9 Å². The van der Waals surface area contributed by atoms with Crippen molar-refractivity contribution in [3.05, 3.63) is 29.8 Å². The first-order chi connectivity index (χ1) is 8.63. The molecule has 0 unspecified atom stereocenters. The smallest absolute Gasteiger partial charge is 0.208 e. The Bertz CT molecular complexity index is 616. The lowest BCUT2D eigenvalue weighted by Crippen LogP contribution is -2.24. The molecule has 1 aromatic carbocycles. The number of rotatable bonds is 6. The monoisotopic (exact) mass is 305 g/mol. The van der Waals surface area contributed by atoms with Crippen LogP contribution in [0.25, 0.3) is 0 Å². The third-order valence-electron chi connectivity index (χ3n) is 2.65. The molecule has 19 heavy (non-hydrogen) atoms. The van der Waals surface area contributed by atoms with E-state index in [-0.39, 0.29) is 0 Å². The van der Waals surface area contributed by atoms with E-state index < -0.39 is 25.1 Å². The normalized spacial score (nSPS) is 12.8. The quantitative estimate of drug-likeness (QED) is 0.849. The van der Waals surface area contributed by atoms with Gasteiger partial charge in [-0.1, -0.05) is 12.1 Å². The highest BCUT2D eigenvalue weighted by atomic mass is 32.2. The maximum atomic E-state index is 11.9. The fraction of sp³-hybridized carbons (Fsp3) is 0.500. The predicted molar refractivity (Wildman–Crippen MR) is 75.3 cm³/mol. The average molecular weight is 305 g/mol. The largest absolute Gasteiger partial charge is 0.223 e. The first kappa shape index (κ1) is 16.1. The number of hydrogen-bond donors (Lipinski definition) is 1. The van der Waals surface area contributed by atoms with Crippen LogP contribution in [0.15, 0.2) is 29.2 Å². The van der Waals surface area contributed by atoms with Crippen LogP contribution in [0.4, 0.5) is 0 Å². The molecule has 108 valence electrons. The molecule has 5 nitrogen and oxygen atoms in total. The lowest BCUT2D eigenvalue weighted by Gasteiger charge is -2.08. The van der Waals surface area contributed by atoms with E-state index in [0.29, 0.717) is 17.9 Å². The van der Waals surface area contributed by atoms with Crippen LogP contribution in [0.2, 0.25) is 0 Å². The van der Waals surface area contributed by atoms with Gasteiger partial charge >= 0.3 is 0 Å². The van der Waals surface area contributed by atoms with Crippen LogP contribution in [-0.2, 0) is 26.3 Å². The summed E-state index contributed by atoms with van der Waals surface area (Å²) in [5.41, 5.74) is 0.888. The summed E-state index contributed by atoms with van der Waals surface area (Å²) < 4.78 is 48.0. The second-order valence-corrected chi connectivity index (χ2v) is 8.99. The second-order valence-electron chi connectivity index (χ2n) is 4.65. The Morgan fingerprint density at radius 3 is 2.00 bits per heavy atom. The van der Waals surface area contributed by atoms with E-state index in [1.807, 2.05) is 0 Å². The molecule has 0 saturated heterocycles. The van der Waals surface area contributed by atoms with Crippen molar-refractivity contribution in [2.75, 3.05) is 12.8 Å². The molecule has 0 amide bonds. The molecule has 0 atom stereocenters. The van der Waals surface area contributed by atoms with Crippen LogP contribution in [0.5, 0.6) is 0 Å². The fourth-order valence-corrected chi connectivity index (χ4v) is 3.03. The van der Waals surface area contributed by atoms with Gasteiger partial charge < -0.3 is 0 Å². The minimum atomic E-state index is -3.25. The summed E-state index contributed by atoms with van der Waals surface area (Å²) in [6, 6.07) is 6.54. The van der Waals surface area contributed by atoms with Gasteiger partial charge in [-0.05, 0) is 38.0 Å². The van der Waals surface area contributed by atoms with Crippen molar-refractivity contribution in [1.82, 2.24) is 4.72 Å². The lowest BCUT2D eigenvalue weighted by atomic mass is 10.2. The molecule has 1 N–H and O–H groups in total. The predicted octanol–water partition coefficient (Wildman–Crippen LogP) is 0.960. The first-order valence-corrected chi connectivity index (χ1v) is 9.34. The molecule has 1 rings (SSSR count). The van der Waals surface area contributed by atoms with E-state index in [2.05, 4.69) is 4.72 Å². The number of sulfone groups is 1. The summed E-state index contributed by atoms with van der Waals surface area (Å²) in [7, 11) is -6.43. The summed E-state index contributed by atoms with van der Waals surface area (Å²) >= 11 is 0. The van der Waals surface area contributed by atoms with Crippen LogP contribution in [0.3, 0.4) is 0 Å². The molecule has 0 radical (unpaired) electrons. The minimum absolute atomic E-state index is 0.294. The topological polar surface area (TPSA) is 80.3 Å². The van der Waals surface area contributed by atoms with Crippen LogP contribution in [0, 0.1) is 0 Å². The number of benzene rings is 1. The molecule has 0 bridgehead atoms. The molecule has 0 aliphatic carbocycles. The Morgan fingerprint density at radius 1 is 1.05 bits per heavy atom. The first-order valence-electron chi connectivity index (χ1n) is 5.90. The van der Waals surface area contributed by atoms with Crippen LogP contribution >= 0.6 is 0 Å². The third-order valence-corrected chi connectivity index (χ3v) is 5.55. The van der Waals surface area contributed by atoms with E-state index in [9.17, 15) is 16.8 Å². The maximum Gasteiger partial charge on any atom is 0.208 e. The standard InChI is InChI=1S/C12H19NO4S2/c1-10(2)19(16,17)12-6-4-11(5-7-12)8-9-13-18(3,14)15/h4-7,10,13H,8-9H2,1-3H3. The van der Waals surface area contributed by atoms with E-state index in [1.165, 1.54) is 0 Å². The Labute approximate surface area is 115 Å². The molecular formula is C12H19NO4S2. The van der Waals surface area contributed by atoms with Gasteiger partial charge in [-0.15, -0.1) is 0 Å². The Kier molecular flexibility index (Phi) is 5.11. The highest BCUT2D eigenvalue weighted by Gasteiger charge is 2.18. The second kappa shape index (κ2) is 6.02. The molecule has 0 fully saturated rings. The van der Waals surface area contributed by atoms with Gasteiger partial charge in [0.1, 0.15) is 0 Å². The average Bonchev–Trinajstić information content (AvgIpc) is 2.27. The van der Waals surface area contributed by atoms with E-state index in [4.69, 9.17) is 0 Å². The van der Waals surface area contributed by atoms with E-state index in [1.54, 1.807) is 38.1 Å². The van der Waals surface area contributed by atoms with Crippen LogP contribution in [-0.4, -0.2) is 34.9 Å². The van der Waals surface area contributed by atoms with Gasteiger partial charge in [0.25, 0.3) is 0 Å².